The highest BCUT2D eigenvalue weighted by Crippen LogP contribution is 2.38. The summed E-state index contributed by atoms with van der Waals surface area (Å²) in [6.45, 7) is 2.90. The molecule has 0 fully saturated rings. The maximum atomic E-state index is 13.5. The van der Waals surface area contributed by atoms with Crippen molar-refractivity contribution in [3.05, 3.63) is 66.2 Å². The number of sulfone groups is 1. The molecule has 6 nitrogen and oxygen atoms in total. The second-order valence-electron chi connectivity index (χ2n) is 5.30. The molecule has 2 aromatic carbocycles. The molecule has 0 bridgehead atoms. The van der Waals surface area contributed by atoms with Crippen LogP contribution < -0.4 is 0 Å². The summed E-state index contributed by atoms with van der Waals surface area (Å²) in [6, 6.07) is 14.8. The van der Waals surface area contributed by atoms with Gasteiger partial charge in [-0.3, -0.25) is 0 Å². The van der Waals surface area contributed by atoms with Crippen molar-refractivity contribution in [1.82, 2.24) is 0 Å². The molecule has 2 rings (SSSR count). The summed E-state index contributed by atoms with van der Waals surface area (Å²) in [5, 5.41) is 0. The molecule has 0 spiro atoms. The van der Waals surface area contributed by atoms with Crippen LogP contribution in [0.2, 0.25) is 0 Å². The van der Waals surface area contributed by atoms with Crippen LogP contribution in [0.5, 0.6) is 0 Å². The van der Waals surface area contributed by atoms with Crippen LogP contribution in [-0.2, 0) is 33.6 Å². The summed E-state index contributed by atoms with van der Waals surface area (Å²) in [4.78, 5) is 25.6. The molecule has 0 N–H and O–H groups in total. The van der Waals surface area contributed by atoms with Gasteiger partial charge >= 0.3 is 11.9 Å². The summed E-state index contributed by atoms with van der Waals surface area (Å²) in [5.41, 5.74) is -0.0271. The third kappa shape index (κ3) is 3.22. The number of carbonyl (C=O) groups is 2. The number of carbonyl (C=O) groups excluding carboxylic acids is 2. The molecule has 0 unspecified atom stereocenters. The normalized spacial score (nSPS) is 11.6. The zero-order valence-corrected chi connectivity index (χ0v) is 15.4. The van der Waals surface area contributed by atoms with Crippen LogP contribution in [0.3, 0.4) is 0 Å². The van der Waals surface area contributed by atoms with Crippen LogP contribution in [0.1, 0.15) is 19.4 Å². The molecule has 0 heterocycles. The zero-order chi connectivity index (χ0) is 19.2. The standard InChI is InChI=1S/C19H20O6S/c1-3-24-17(20)19(18(21)25-4-2,15-11-7-5-8-12-15)26(22,23)16-13-9-6-10-14-16/h5-14H,3-4H2,1-2H3. The van der Waals surface area contributed by atoms with Crippen LogP contribution in [0.15, 0.2) is 65.6 Å². The Bertz CT molecular complexity index is 841. The second kappa shape index (κ2) is 8.14. The second-order valence-corrected chi connectivity index (χ2v) is 7.40. The number of hydrogen-bond donors (Lipinski definition) is 0. The van der Waals surface area contributed by atoms with Gasteiger partial charge in [-0.1, -0.05) is 48.5 Å². The number of ether oxygens (including phenoxy) is 2. The van der Waals surface area contributed by atoms with Crippen LogP contribution in [0, 0.1) is 0 Å². The molecule has 0 aliphatic carbocycles. The minimum absolute atomic E-state index is 0.0271. The van der Waals surface area contributed by atoms with E-state index < -0.39 is 26.5 Å². The molecule has 0 saturated carbocycles. The SMILES string of the molecule is CCOC(=O)C(C(=O)OCC)(c1ccccc1)S(=O)(=O)c1ccccc1. The number of hydrogen-bond acceptors (Lipinski definition) is 6. The maximum absolute atomic E-state index is 13.5. The van der Waals surface area contributed by atoms with Gasteiger partial charge in [-0.15, -0.1) is 0 Å². The van der Waals surface area contributed by atoms with Crippen LogP contribution in [-0.4, -0.2) is 33.6 Å². The Morgan fingerprint density at radius 3 is 1.65 bits per heavy atom. The Morgan fingerprint density at radius 1 is 0.808 bits per heavy atom. The number of benzene rings is 2. The molecule has 138 valence electrons. The van der Waals surface area contributed by atoms with Crippen molar-refractivity contribution in [2.45, 2.75) is 23.5 Å². The molecule has 0 atom stereocenters. The molecule has 0 amide bonds. The fourth-order valence-corrected chi connectivity index (χ4v) is 4.48. The molecular formula is C19H20O6S. The van der Waals surface area contributed by atoms with E-state index in [1.807, 2.05) is 0 Å². The lowest BCUT2D eigenvalue weighted by Gasteiger charge is -2.29. The number of esters is 2. The van der Waals surface area contributed by atoms with E-state index in [1.54, 1.807) is 24.3 Å². The van der Waals surface area contributed by atoms with E-state index in [4.69, 9.17) is 9.47 Å². The van der Waals surface area contributed by atoms with Gasteiger partial charge in [0, 0.05) is 0 Å². The van der Waals surface area contributed by atoms with Crippen LogP contribution in [0.4, 0.5) is 0 Å². The van der Waals surface area contributed by atoms with E-state index in [-0.39, 0.29) is 23.7 Å². The summed E-state index contributed by atoms with van der Waals surface area (Å²) >= 11 is 0. The highest BCUT2D eigenvalue weighted by molar-refractivity contribution is 7.94. The van der Waals surface area contributed by atoms with Gasteiger partial charge in [0.25, 0.3) is 4.75 Å². The smallest absolute Gasteiger partial charge is 0.344 e. The highest BCUT2D eigenvalue weighted by Gasteiger charge is 2.62. The van der Waals surface area contributed by atoms with Gasteiger partial charge in [-0.05, 0) is 31.5 Å². The summed E-state index contributed by atoms with van der Waals surface area (Å²) < 4.78 is 34.4. The van der Waals surface area contributed by atoms with Crippen LogP contribution in [0.25, 0.3) is 0 Å². The third-order valence-electron chi connectivity index (χ3n) is 3.76. The minimum atomic E-state index is -4.51. The fourth-order valence-electron chi connectivity index (χ4n) is 2.61. The molecule has 2 aromatic rings. The van der Waals surface area contributed by atoms with Crippen LogP contribution >= 0.6 is 0 Å². The van der Waals surface area contributed by atoms with E-state index >= 15 is 0 Å². The monoisotopic (exact) mass is 376 g/mol. The first-order chi connectivity index (χ1) is 12.4. The Labute approximate surface area is 152 Å². The summed E-state index contributed by atoms with van der Waals surface area (Å²) in [5.74, 6) is -2.37. The first kappa shape index (κ1) is 19.7. The lowest BCUT2D eigenvalue weighted by atomic mass is 9.98. The van der Waals surface area contributed by atoms with Crippen molar-refractivity contribution in [2.75, 3.05) is 13.2 Å². The lowest BCUT2D eigenvalue weighted by Crippen LogP contribution is -2.52. The Balaban J connectivity index is 2.87. The van der Waals surface area contributed by atoms with Crippen molar-refractivity contribution in [3.63, 3.8) is 0 Å². The molecule has 0 aliphatic rings. The molecule has 0 saturated heterocycles. The van der Waals surface area contributed by atoms with Gasteiger partial charge in [0.2, 0.25) is 9.84 Å². The Hall–Kier alpha value is -2.67. The largest absolute Gasteiger partial charge is 0.464 e. The van der Waals surface area contributed by atoms with Gasteiger partial charge in [0.1, 0.15) is 0 Å². The van der Waals surface area contributed by atoms with E-state index in [9.17, 15) is 18.0 Å². The minimum Gasteiger partial charge on any atom is -0.464 e. The predicted molar refractivity (Wildman–Crippen MR) is 95.0 cm³/mol. The van der Waals surface area contributed by atoms with Crippen molar-refractivity contribution >= 4 is 21.8 Å². The van der Waals surface area contributed by atoms with Crippen molar-refractivity contribution < 1.29 is 27.5 Å². The molecule has 0 radical (unpaired) electrons. The summed E-state index contributed by atoms with van der Waals surface area (Å²) in [7, 11) is -4.51. The molecule has 0 aliphatic heterocycles. The van der Waals surface area contributed by atoms with Crippen molar-refractivity contribution in [1.29, 1.82) is 0 Å². The van der Waals surface area contributed by atoms with Gasteiger partial charge in [-0.2, -0.15) is 0 Å². The summed E-state index contributed by atoms with van der Waals surface area (Å²) in [6.07, 6.45) is 0. The van der Waals surface area contributed by atoms with Crippen molar-refractivity contribution in [2.24, 2.45) is 0 Å². The third-order valence-corrected chi connectivity index (χ3v) is 6.03. The average Bonchev–Trinajstić information content (AvgIpc) is 2.64. The molecule has 7 heteroatoms. The van der Waals surface area contributed by atoms with Crippen molar-refractivity contribution in [3.8, 4) is 0 Å². The van der Waals surface area contributed by atoms with Gasteiger partial charge in [-0.25, -0.2) is 18.0 Å². The molecule has 26 heavy (non-hydrogen) atoms. The predicted octanol–water partition coefficient (Wildman–Crippen LogP) is 2.48. The van der Waals surface area contributed by atoms with E-state index in [1.165, 1.54) is 50.2 Å². The average molecular weight is 376 g/mol. The zero-order valence-electron chi connectivity index (χ0n) is 14.5. The van der Waals surface area contributed by atoms with E-state index in [0.29, 0.717) is 0 Å². The van der Waals surface area contributed by atoms with Gasteiger partial charge in [0.15, 0.2) is 0 Å². The fraction of sp³-hybridized carbons (Fsp3) is 0.263. The topological polar surface area (TPSA) is 86.7 Å². The quantitative estimate of drug-likeness (QED) is 0.545. The van der Waals surface area contributed by atoms with Gasteiger partial charge in [0.05, 0.1) is 18.1 Å². The van der Waals surface area contributed by atoms with E-state index in [2.05, 4.69) is 0 Å². The maximum Gasteiger partial charge on any atom is 0.344 e. The van der Waals surface area contributed by atoms with E-state index in [0.717, 1.165) is 0 Å². The Morgan fingerprint density at radius 2 is 1.23 bits per heavy atom. The molecular weight excluding hydrogens is 356 g/mol. The lowest BCUT2D eigenvalue weighted by molar-refractivity contribution is -0.159. The molecule has 0 aromatic heterocycles. The first-order valence-corrected chi connectivity index (χ1v) is 9.60. The highest BCUT2D eigenvalue weighted by atomic mass is 32.2. The first-order valence-electron chi connectivity index (χ1n) is 8.12. The van der Waals surface area contributed by atoms with Gasteiger partial charge < -0.3 is 9.47 Å². The number of rotatable bonds is 7. The Kier molecular flexibility index (Phi) is 6.15.